The third-order valence-electron chi connectivity index (χ3n) is 2.61. The molecule has 1 fully saturated rings. The Kier molecular flexibility index (Phi) is 2.26. The number of rotatable bonds is 0. The largest absolute Gasteiger partial charge is 0.295 e. The van der Waals surface area contributed by atoms with Gasteiger partial charge in [0.05, 0.1) is 0 Å². The summed E-state index contributed by atoms with van der Waals surface area (Å²) in [5.74, 6) is 0.408. The monoisotopic (exact) mass is 182 g/mol. The molecule has 0 N–H and O–H groups in total. The van der Waals surface area contributed by atoms with Gasteiger partial charge in [-0.1, -0.05) is 13.0 Å². The van der Waals surface area contributed by atoms with Crippen LogP contribution < -0.4 is 0 Å². The molecule has 1 nitrogen and oxygen atoms in total. The number of Topliss-reactive ketones (excluding diaryl/α,β-unsaturated/α-hetero) is 1. The van der Waals surface area contributed by atoms with Gasteiger partial charge in [-0.25, -0.2) is 0 Å². The van der Waals surface area contributed by atoms with Gasteiger partial charge in [-0.05, 0) is 19.3 Å². The van der Waals surface area contributed by atoms with Crippen LogP contribution in [0.4, 0.5) is 0 Å². The van der Waals surface area contributed by atoms with Crippen LogP contribution in [0.15, 0.2) is 11.6 Å². The maximum absolute atomic E-state index is 11.5. The van der Waals surface area contributed by atoms with Crippen LogP contribution in [0.25, 0.3) is 0 Å². The van der Waals surface area contributed by atoms with Crippen LogP contribution in [0.2, 0.25) is 0 Å². The molecular weight excluding hydrogens is 168 g/mol. The minimum atomic E-state index is 0.408. The second kappa shape index (κ2) is 3.25. The summed E-state index contributed by atoms with van der Waals surface area (Å²) in [6.45, 7) is 2.25. The number of allylic oxidation sites excluding steroid dienone is 1. The van der Waals surface area contributed by atoms with Crippen molar-refractivity contribution < 1.29 is 4.79 Å². The number of carbonyl (C=O) groups is 1. The second-order valence-corrected chi connectivity index (χ2v) is 5.29. The predicted octanol–water partition coefficient (Wildman–Crippen LogP) is 2.56. The smallest absolute Gasteiger partial charge is 0.159 e. The zero-order valence-corrected chi connectivity index (χ0v) is 8.19. The van der Waals surface area contributed by atoms with Gasteiger partial charge in [-0.15, -0.1) is 0 Å². The molecule has 0 bridgehead atoms. The predicted molar refractivity (Wildman–Crippen MR) is 52.4 cm³/mol. The average Bonchev–Trinajstić information content (AvgIpc) is 2.04. The van der Waals surface area contributed by atoms with Gasteiger partial charge in [-0.2, -0.15) is 11.8 Å². The number of hydrogen-bond donors (Lipinski definition) is 0. The summed E-state index contributed by atoms with van der Waals surface area (Å²) in [5.41, 5.74) is 1.13. The van der Waals surface area contributed by atoms with Crippen LogP contribution in [0.1, 0.15) is 32.6 Å². The van der Waals surface area contributed by atoms with Crippen LogP contribution in [0, 0.1) is 0 Å². The zero-order valence-electron chi connectivity index (χ0n) is 7.38. The molecule has 2 atom stereocenters. The van der Waals surface area contributed by atoms with Gasteiger partial charge in [0.1, 0.15) is 0 Å². The Labute approximate surface area is 77.6 Å². The Morgan fingerprint density at radius 3 is 3.25 bits per heavy atom. The maximum atomic E-state index is 11.5. The topological polar surface area (TPSA) is 17.1 Å². The van der Waals surface area contributed by atoms with Gasteiger partial charge in [0.15, 0.2) is 5.78 Å². The lowest BCUT2D eigenvalue weighted by atomic mass is 9.91. The summed E-state index contributed by atoms with van der Waals surface area (Å²) in [6, 6.07) is 0. The van der Waals surface area contributed by atoms with E-state index in [0.29, 0.717) is 16.3 Å². The Morgan fingerprint density at radius 1 is 1.58 bits per heavy atom. The normalized spacial score (nSPS) is 35.8. The lowest BCUT2D eigenvalue weighted by Crippen LogP contribution is -2.26. The molecule has 0 saturated heterocycles. The minimum absolute atomic E-state index is 0.408. The third kappa shape index (κ3) is 1.45. The molecule has 0 radical (unpaired) electrons. The van der Waals surface area contributed by atoms with Crippen molar-refractivity contribution in [1.82, 2.24) is 0 Å². The molecule has 1 aliphatic carbocycles. The number of fused-ring (bicyclic) bond motifs is 1. The number of ketones is 1. The fourth-order valence-corrected chi connectivity index (χ4v) is 3.39. The highest BCUT2D eigenvalue weighted by Gasteiger charge is 2.29. The fourth-order valence-electron chi connectivity index (χ4n) is 1.94. The van der Waals surface area contributed by atoms with E-state index < -0.39 is 0 Å². The van der Waals surface area contributed by atoms with Crippen molar-refractivity contribution in [2.24, 2.45) is 0 Å². The van der Waals surface area contributed by atoms with Crippen LogP contribution in [0.3, 0.4) is 0 Å². The van der Waals surface area contributed by atoms with Crippen LogP contribution in [-0.2, 0) is 4.79 Å². The third-order valence-corrected chi connectivity index (χ3v) is 4.08. The molecule has 2 unspecified atom stereocenters. The van der Waals surface area contributed by atoms with E-state index in [4.69, 9.17) is 0 Å². The van der Waals surface area contributed by atoms with E-state index in [-0.39, 0.29) is 0 Å². The summed E-state index contributed by atoms with van der Waals surface area (Å²) in [4.78, 5) is 11.5. The fraction of sp³-hybridized carbons (Fsp3) is 0.700. The molecule has 2 heteroatoms. The second-order valence-electron chi connectivity index (χ2n) is 3.65. The van der Waals surface area contributed by atoms with Gasteiger partial charge in [-0.3, -0.25) is 4.79 Å². The first-order chi connectivity index (χ1) is 5.77. The van der Waals surface area contributed by atoms with Crippen molar-refractivity contribution in [2.75, 3.05) is 0 Å². The molecule has 2 aliphatic rings. The van der Waals surface area contributed by atoms with Crippen LogP contribution in [-0.4, -0.2) is 16.3 Å². The zero-order chi connectivity index (χ0) is 8.55. The van der Waals surface area contributed by atoms with Crippen molar-refractivity contribution in [3.05, 3.63) is 11.6 Å². The molecule has 0 aromatic carbocycles. The lowest BCUT2D eigenvalue weighted by Gasteiger charge is -2.30. The molecule has 1 aliphatic heterocycles. The molecule has 0 aromatic heterocycles. The highest BCUT2D eigenvalue weighted by atomic mass is 32.2. The van der Waals surface area contributed by atoms with Gasteiger partial charge >= 0.3 is 0 Å². The average molecular weight is 182 g/mol. The molecule has 0 amide bonds. The summed E-state index contributed by atoms with van der Waals surface area (Å²) in [7, 11) is 0. The highest BCUT2D eigenvalue weighted by Crippen LogP contribution is 2.38. The van der Waals surface area contributed by atoms with E-state index in [2.05, 4.69) is 13.0 Å². The van der Waals surface area contributed by atoms with Crippen molar-refractivity contribution in [1.29, 1.82) is 0 Å². The van der Waals surface area contributed by atoms with E-state index in [1.54, 1.807) is 0 Å². The van der Waals surface area contributed by atoms with Crippen molar-refractivity contribution >= 4 is 17.5 Å². The standard InChI is InChI=1S/C10H14OS/c1-7-5-6-8-9(11)3-2-4-10(8)12-7/h6-7,10H,2-5H2,1H3. The van der Waals surface area contributed by atoms with E-state index in [1.165, 1.54) is 6.42 Å². The molecule has 1 heterocycles. The van der Waals surface area contributed by atoms with Crippen LogP contribution >= 0.6 is 11.8 Å². The Bertz CT molecular complexity index is 232. The molecule has 0 spiro atoms. The van der Waals surface area contributed by atoms with E-state index in [0.717, 1.165) is 24.8 Å². The molecular formula is C10H14OS. The Hall–Kier alpha value is -0.240. The highest BCUT2D eigenvalue weighted by molar-refractivity contribution is 8.00. The first-order valence-electron chi connectivity index (χ1n) is 4.66. The number of hydrogen-bond acceptors (Lipinski definition) is 2. The number of carbonyl (C=O) groups excluding carboxylic acids is 1. The van der Waals surface area contributed by atoms with E-state index in [9.17, 15) is 4.79 Å². The molecule has 66 valence electrons. The van der Waals surface area contributed by atoms with E-state index >= 15 is 0 Å². The molecule has 12 heavy (non-hydrogen) atoms. The van der Waals surface area contributed by atoms with Crippen molar-refractivity contribution in [3.8, 4) is 0 Å². The number of thioether (sulfide) groups is 1. The summed E-state index contributed by atoms with van der Waals surface area (Å²) in [5, 5.41) is 1.25. The SMILES string of the molecule is CC1CC=C2C(=O)CCCC2S1. The molecule has 1 saturated carbocycles. The Balaban J connectivity index is 2.19. The van der Waals surface area contributed by atoms with Gasteiger partial charge < -0.3 is 0 Å². The molecule has 0 aromatic rings. The Morgan fingerprint density at radius 2 is 2.42 bits per heavy atom. The summed E-state index contributed by atoms with van der Waals surface area (Å²) in [6.07, 6.45) is 6.36. The van der Waals surface area contributed by atoms with Gasteiger partial charge in [0, 0.05) is 22.5 Å². The van der Waals surface area contributed by atoms with Gasteiger partial charge in [0.2, 0.25) is 0 Å². The first-order valence-corrected chi connectivity index (χ1v) is 5.60. The van der Waals surface area contributed by atoms with Crippen molar-refractivity contribution in [2.45, 2.75) is 43.1 Å². The quantitative estimate of drug-likeness (QED) is 0.572. The van der Waals surface area contributed by atoms with E-state index in [1.807, 2.05) is 11.8 Å². The molecule has 2 rings (SSSR count). The maximum Gasteiger partial charge on any atom is 0.159 e. The first kappa shape index (κ1) is 8.36. The van der Waals surface area contributed by atoms with Crippen LogP contribution in [0.5, 0.6) is 0 Å². The lowest BCUT2D eigenvalue weighted by molar-refractivity contribution is -0.116. The summed E-state index contributed by atoms with van der Waals surface area (Å²) >= 11 is 1.98. The minimum Gasteiger partial charge on any atom is -0.295 e. The summed E-state index contributed by atoms with van der Waals surface area (Å²) < 4.78 is 0. The van der Waals surface area contributed by atoms with Crippen molar-refractivity contribution in [3.63, 3.8) is 0 Å². The van der Waals surface area contributed by atoms with Gasteiger partial charge in [0.25, 0.3) is 0 Å².